The first-order valence-electron chi connectivity index (χ1n) is 7.94. The first-order valence-corrected chi connectivity index (χ1v) is 8.75. The number of amides is 1. The molecule has 1 aromatic heterocycles. The van der Waals surface area contributed by atoms with E-state index in [-0.39, 0.29) is 5.91 Å². The number of nitrogens with one attached hydrogen (secondary N) is 1. The topological polar surface area (TPSA) is 42.0 Å². The minimum Gasteiger partial charge on any atom is -0.298 e. The molecule has 1 heterocycles. The fourth-order valence-electron chi connectivity index (χ4n) is 2.55. The highest BCUT2D eigenvalue weighted by Crippen LogP contribution is 2.27. The van der Waals surface area contributed by atoms with Gasteiger partial charge in [0.05, 0.1) is 10.2 Å². The molecule has 0 bridgehead atoms. The summed E-state index contributed by atoms with van der Waals surface area (Å²) in [5.74, 6) is -0.103. The number of hydrogen-bond donors (Lipinski definition) is 1. The van der Waals surface area contributed by atoms with Gasteiger partial charge < -0.3 is 0 Å². The fourth-order valence-corrected chi connectivity index (χ4v) is 3.48. The number of hydrogen-bond acceptors (Lipinski definition) is 3. The Kier molecular flexibility index (Phi) is 4.72. The van der Waals surface area contributed by atoms with E-state index in [1.165, 1.54) is 29.7 Å². The molecule has 0 radical (unpaired) electrons. The Hall–Kier alpha value is -2.20. The van der Waals surface area contributed by atoms with Crippen molar-refractivity contribution in [1.29, 1.82) is 0 Å². The second kappa shape index (κ2) is 6.92. The van der Waals surface area contributed by atoms with Crippen molar-refractivity contribution in [2.45, 2.75) is 33.1 Å². The van der Waals surface area contributed by atoms with Crippen LogP contribution >= 0.6 is 11.3 Å². The average molecular weight is 324 g/mol. The zero-order valence-corrected chi connectivity index (χ0v) is 14.2. The SMILES string of the molecule is CCCCc1ccc2nc(NC(=O)c3ccccc3C)sc2c1. The molecule has 0 aliphatic carbocycles. The molecule has 1 N–H and O–H groups in total. The van der Waals surface area contributed by atoms with Crippen LogP contribution in [0.25, 0.3) is 10.2 Å². The molecular weight excluding hydrogens is 304 g/mol. The van der Waals surface area contributed by atoms with Crippen molar-refractivity contribution in [1.82, 2.24) is 4.98 Å². The van der Waals surface area contributed by atoms with Gasteiger partial charge in [-0.3, -0.25) is 10.1 Å². The van der Waals surface area contributed by atoms with Crippen LogP contribution in [-0.2, 0) is 6.42 Å². The van der Waals surface area contributed by atoms with E-state index in [2.05, 4.69) is 29.4 Å². The lowest BCUT2D eigenvalue weighted by Crippen LogP contribution is -2.12. The minimum atomic E-state index is -0.103. The van der Waals surface area contributed by atoms with Gasteiger partial charge >= 0.3 is 0 Å². The Morgan fingerprint density at radius 3 is 2.83 bits per heavy atom. The van der Waals surface area contributed by atoms with E-state index in [0.717, 1.165) is 22.2 Å². The molecule has 0 saturated carbocycles. The smallest absolute Gasteiger partial charge is 0.257 e. The maximum absolute atomic E-state index is 12.4. The van der Waals surface area contributed by atoms with Crippen LogP contribution in [0.2, 0.25) is 0 Å². The Morgan fingerprint density at radius 2 is 2.04 bits per heavy atom. The van der Waals surface area contributed by atoms with Crippen molar-refractivity contribution in [2.75, 3.05) is 5.32 Å². The summed E-state index contributed by atoms with van der Waals surface area (Å²) in [6, 6.07) is 13.9. The quantitative estimate of drug-likeness (QED) is 0.701. The summed E-state index contributed by atoms with van der Waals surface area (Å²) in [5, 5.41) is 3.57. The van der Waals surface area contributed by atoms with Gasteiger partial charge in [0, 0.05) is 5.56 Å². The van der Waals surface area contributed by atoms with Gasteiger partial charge in [0.2, 0.25) is 0 Å². The van der Waals surface area contributed by atoms with Crippen LogP contribution in [0.5, 0.6) is 0 Å². The molecule has 0 unspecified atom stereocenters. The lowest BCUT2D eigenvalue weighted by molar-refractivity contribution is 0.102. The number of nitrogens with zero attached hydrogens (tertiary/aromatic N) is 1. The number of rotatable bonds is 5. The highest BCUT2D eigenvalue weighted by Gasteiger charge is 2.11. The Bertz CT molecular complexity index is 838. The normalized spacial score (nSPS) is 10.9. The molecule has 2 aromatic carbocycles. The van der Waals surface area contributed by atoms with Crippen molar-refractivity contribution < 1.29 is 4.79 Å². The maximum atomic E-state index is 12.4. The summed E-state index contributed by atoms with van der Waals surface area (Å²) in [5.41, 5.74) is 3.93. The minimum absolute atomic E-state index is 0.103. The number of fused-ring (bicyclic) bond motifs is 1. The molecule has 0 aliphatic rings. The molecule has 0 fully saturated rings. The summed E-state index contributed by atoms with van der Waals surface area (Å²) in [7, 11) is 0. The third-order valence-electron chi connectivity index (χ3n) is 3.88. The van der Waals surface area contributed by atoms with Crippen LogP contribution in [0.15, 0.2) is 42.5 Å². The predicted molar refractivity (Wildman–Crippen MR) is 97.4 cm³/mol. The number of unbranched alkanes of at least 4 members (excludes halogenated alkanes) is 1. The Labute approximate surface area is 140 Å². The molecular formula is C19H20N2OS. The van der Waals surface area contributed by atoms with Gasteiger partial charge in [-0.1, -0.05) is 48.9 Å². The van der Waals surface area contributed by atoms with E-state index in [1.54, 1.807) is 0 Å². The van der Waals surface area contributed by atoms with Crippen molar-refractivity contribution in [2.24, 2.45) is 0 Å². The highest BCUT2D eigenvalue weighted by atomic mass is 32.1. The molecule has 4 heteroatoms. The van der Waals surface area contributed by atoms with Gasteiger partial charge in [0.25, 0.3) is 5.91 Å². The lowest BCUT2D eigenvalue weighted by Gasteiger charge is -2.04. The lowest BCUT2D eigenvalue weighted by atomic mass is 10.1. The highest BCUT2D eigenvalue weighted by molar-refractivity contribution is 7.22. The van der Waals surface area contributed by atoms with Crippen LogP contribution < -0.4 is 5.32 Å². The molecule has 1 amide bonds. The predicted octanol–water partition coefficient (Wildman–Crippen LogP) is 5.20. The van der Waals surface area contributed by atoms with E-state index in [1.807, 2.05) is 37.3 Å². The number of carbonyl (C=O) groups is 1. The van der Waals surface area contributed by atoms with E-state index in [4.69, 9.17) is 0 Å². The molecule has 118 valence electrons. The first kappa shape index (κ1) is 15.7. The van der Waals surface area contributed by atoms with Crippen molar-refractivity contribution in [3.05, 3.63) is 59.2 Å². The molecule has 3 aromatic rings. The van der Waals surface area contributed by atoms with Gasteiger partial charge in [-0.15, -0.1) is 0 Å². The molecule has 0 saturated heterocycles. The van der Waals surface area contributed by atoms with Crippen molar-refractivity contribution in [3.8, 4) is 0 Å². The van der Waals surface area contributed by atoms with Gasteiger partial charge in [0.1, 0.15) is 0 Å². The Morgan fingerprint density at radius 1 is 1.22 bits per heavy atom. The second-order valence-corrected chi connectivity index (χ2v) is 6.72. The summed E-state index contributed by atoms with van der Waals surface area (Å²) < 4.78 is 1.12. The maximum Gasteiger partial charge on any atom is 0.257 e. The largest absolute Gasteiger partial charge is 0.298 e. The summed E-state index contributed by atoms with van der Waals surface area (Å²) >= 11 is 1.53. The van der Waals surface area contributed by atoms with Crippen molar-refractivity contribution >= 4 is 32.6 Å². The van der Waals surface area contributed by atoms with Gasteiger partial charge in [-0.25, -0.2) is 4.98 Å². The molecule has 0 aliphatic heterocycles. The van der Waals surface area contributed by atoms with Crippen LogP contribution in [0.1, 0.15) is 41.3 Å². The van der Waals surface area contributed by atoms with E-state index < -0.39 is 0 Å². The Balaban J connectivity index is 1.80. The number of carbonyl (C=O) groups excluding carboxylic acids is 1. The van der Waals surface area contributed by atoms with Crippen molar-refractivity contribution in [3.63, 3.8) is 0 Å². The standard InChI is InChI=1S/C19H20N2OS/c1-3-4-8-14-10-11-16-17(12-14)23-19(20-16)21-18(22)15-9-6-5-7-13(15)2/h5-7,9-12H,3-4,8H2,1-2H3,(H,20,21,22). The molecule has 3 rings (SSSR count). The number of benzene rings is 2. The number of aromatic nitrogens is 1. The molecule has 23 heavy (non-hydrogen) atoms. The van der Waals surface area contributed by atoms with Gasteiger partial charge in [-0.05, 0) is 49.1 Å². The van der Waals surface area contributed by atoms with Gasteiger partial charge in [-0.2, -0.15) is 0 Å². The number of aryl methyl sites for hydroxylation is 2. The zero-order valence-electron chi connectivity index (χ0n) is 13.4. The zero-order chi connectivity index (χ0) is 16.2. The molecule has 0 atom stereocenters. The summed E-state index contributed by atoms with van der Waals surface area (Å²) in [4.78, 5) is 16.9. The number of anilines is 1. The number of thiazole rings is 1. The van der Waals surface area contributed by atoms with E-state index in [9.17, 15) is 4.79 Å². The van der Waals surface area contributed by atoms with Crippen LogP contribution in [0.3, 0.4) is 0 Å². The monoisotopic (exact) mass is 324 g/mol. The van der Waals surface area contributed by atoms with E-state index >= 15 is 0 Å². The third-order valence-corrected chi connectivity index (χ3v) is 4.82. The van der Waals surface area contributed by atoms with Crippen LogP contribution in [-0.4, -0.2) is 10.9 Å². The van der Waals surface area contributed by atoms with E-state index in [0.29, 0.717) is 10.7 Å². The summed E-state index contributed by atoms with van der Waals surface area (Å²) in [6.45, 7) is 4.14. The summed E-state index contributed by atoms with van der Waals surface area (Å²) in [6.07, 6.45) is 3.48. The molecule has 0 spiro atoms. The van der Waals surface area contributed by atoms with Gasteiger partial charge in [0.15, 0.2) is 5.13 Å². The fraction of sp³-hybridized carbons (Fsp3) is 0.263. The third kappa shape index (κ3) is 3.59. The second-order valence-electron chi connectivity index (χ2n) is 5.69. The average Bonchev–Trinajstić information content (AvgIpc) is 2.94. The van der Waals surface area contributed by atoms with Crippen LogP contribution in [0.4, 0.5) is 5.13 Å². The molecule has 3 nitrogen and oxygen atoms in total. The van der Waals surface area contributed by atoms with Crippen LogP contribution in [0, 0.1) is 6.92 Å². The first-order chi connectivity index (χ1) is 11.2.